The van der Waals surface area contributed by atoms with E-state index in [1.807, 2.05) is 13.0 Å². The van der Waals surface area contributed by atoms with Crippen LogP contribution in [0.3, 0.4) is 0 Å². The van der Waals surface area contributed by atoms with Crippen LogP contribution in [-0.4, -0.2) is 9.97 Å². The molecule has 0 aliphatic heterocycles. The van der Waals surface area contributed by atoms with E-state index in [1.165, 1.54) is 6.20 Å². The molecule has 0 saturated heterocycles. The number of rotatable bonds is 3. The molecule has 0 atom stereocenters. The molecule has 94 valence electrons. The quantitative estimate of drug-likeness (QED) is 0.898. The van der Waals surface area contributed by atoms with Gasteiger partial charge in [0.25, 0.3) is 0 Å². The van der Waals surface area contributed by atoms with Crippen LogP contribution in [0, 0.1) is 6.92 Å². The van der Waals surface area contributed by atoms with Crippen LogP contribution < -0.4 is 10.5 Å². The second-order valence-corrected chi connectivity index (χ2v) is 4.58. The number of benzene rings is 1. The lowest BCUT2D eigenvalue weighted by molar-refractivity contribution is 0.452. The van der Waals surface area contributed by atoms with Gasteiger partial charge in [-0.05, 0) is 30.0 Å². The van der Waals surface area contributed by atoms with Gasteiger partial charge in [0.1, 0.15) is 11.6 Å². The number of aromatic nitrogens is 2. The molecule has 0 amide bonds. The Labute approximate surface area is 107 Å². The lowest BCUT2D eigenvalue weighted by Gasteiger charge is -2.13. The molecule has 2 N–H and O–H groups in total. The molecule has 2 rings (SSSR count). The standard InChI is InChI=1S/C14H17N3O/c1-9(2)11-5-4-10(3)6-12(11)18-14-8-16-7-13(15)17-14/h4-9H,1-3H3,(H2,15,17). The summed E-state index contributed by atoms with van der Waals surface area (Å²) in [6, 6.07) is 6.16. The predicted octanol–water partition coefficient (Wildman–Crippen LogP) is 3.28. The van der Waals surface area contributed by atoms with E-state index < -0.39 is 0 Å². The highest BCUT2D eigenvalue weighted by Gasteiger charge is 2.10. The molecule has 0 radical (unpaired) electrons. The smallest absolute Gasteiger partial charge is 0.239 e. The first-order valence-electron chi connectivity index (χ1n) is 5.92. The van der Waals surface area contributed by atoms with Gasteiger partial charge in [0.05, 0.1) is 12.4 Å². The highest BCUT2D eigenvalue weighted by molar-refractivity contribution is 5.41. The Morgan fingerprint density at radius 1 is 1.22 bits per heavy atom. The van der Waals surface area contributed by atoms with Gasteiger partial charge < -0.3 is 10.5 Å². The van der Waals surface area contributed by atoms with Gasteiger partial charge >= 0.3 is 0 Å². The van der Waals surface area contributed by atoms with Crippen LogP contribution in [0.4, 0.5) is 5.82 Å². The molecule has 4 nitrogen and oxygen atoms in total. The van der Waals surface area contributed by atoms with E-state index >= 15 is 0 Å². The lowest BCUT2D eigenvalue weighted by atomic mass is 10.0. The summed E-state index contributed by atoms with van der Waals surface area (Å²) in [6.45, 7) is 6.28. The van der Waals surface area contributed by atoms with E-state index in [2.05, 4.69) is 35.9 Å². The van der Waals surface area contributed by atoms with Gasteiger partial charge in [-0.2, -0.15) is 4.98 Å². The molecule has 1 aromatic carbocycles. The van der Waals surface area contributed by atoms with E-state index in [-0.39, 0.29) is 0 Å². The van der Waals surface area contributed by atoms with Crippen molar-refractivity contribution in [2.75, 3.05) is 5.73 Å². The minimum Gasteiger partial charge on any atom is -0.437 e. The average molecular weight is 243 g/mol. The summed E-state index contributed by atoms with van der Waals surface area (Å²) in [5, 5.41) is 0. The van der Waals surface area contributed by atoms with Crippen molar-refractivity contribution >= 4 is 5.82 Å². The maximum Gasteiger partial charge on any atom is 0.239 e. The molecule has 0 spiro atoms. The van der Waals surface area contributed by atoms with Crippen molar-refractivity contribution in [2.45, 2.75) is 26.7 Å². The number of ether oxygens (including phenoxy) is 1. The predicted molar refractivity (Wildman–Crippen MR) is 71.8 cm³/mol. The van der Waals surface area contributed by atoms with Gasteiger partial charge in [0.2, 0.25) is 5.88 Å². The highest BCUT2D eigenvalue weighted by atomic mass is 16.5. The van der Waals surface area contributed by atoms with Crippen molar-refractivity contribution in [3.05, 3.63) is 41.7 Å². The Kier molecular flexibility index (Phi) is 3.46. The zero-order valence-corrected chi connectivity index (χ0v) is 10.8. The highest BCUT2D eigenvalue weighted by Crippen LogP contribution is 2.30. The van der Waals surface area contributed by atoms with E-state index in [0.717, 1.165) is 16.9 Å². The molecule has 4 heteroatoms. The first-order chi connectivity index (χ1) is 8.56. The van der Waals surface area contributed by atoms with Gasteiger partial charge in [0.15, 0.2) is 0 Å². The average Bonchev–Trinajstić information content (AvgIpc) is 2.28. The second-order valence-electron chi connectivity index (χ2n) is 4.58. The van der Waals surface area contributed by atoms with Gasteiger partial charge in [-0.15, -0.1) is 0 Å². The van der Waals surface area contributed by atoms with Crippen molar-refractivity contribution in [3.8, 4) is 11.6 Å². The number of hydrogen-bond acceptors (Lipinski definition) is 4. The largest absolute Gasteiger partial charge is 0.437 e. The van der Waals surface area contributed by atoms with Crippen LogP contribution >= 0.6 is 0 Å². The van der Waals surface area contributed by atoms with Crippen molar-refractivity contribution in [1.82, 2.24) is 9.97 Å². The maximum absolute atomic E-state index is 5.78. The van der Waals surface area contributed by atoms with Crippen molar-refractivity contribution in [3.63, 3.8) is 0 Å². The lowest BCUT2D eigenvalue weighted by Crippen LogP contribution is -1.98. The summed E-state index contributed by atoms with van der Waals surface area (Å²) < 4.78 is 5.78. The molecule has 2 aromatic rings. The zero-order chi connectivity index (χ0) is 13.1. The van der Waals surface area contributed by atoms with E-state index in [1.54, 1.807) is 6.20 Å². The fourth-order valence-electron chi connectivity index (χ4n) is 1.73. The summed E-state index contributed by atoms with van der Waals surface area (Å²) in [4.78, 5) is 8.06. The Morgan fingerprint density at radius 3 is 2.67 bits per heavy atom. The van der Waals surface area contributed by atoms with Crippen LogP contribution in [0.25, 0.3) is 0 Å². The Hall–Kier alpha value is -2.10. The molecule has 18 heavy (non-hydrogen) atoms. The normalized spacial score (nSPS) is 10.7. The van der Waals surface area contributed by atoms with E-state index in [0.29, 0.717) is 17.6 Å². The molecule has 1 aromatic heterocycles. The SMILES string of the molecule is Cc1ccc(C(C)C)c(Oc2cncc(N)n2)c1. The molecular weight excluding hydrogens is 226 g/mol. The van der Waals surface area contributed by atoms with Crippen molar-refractivity contribution < 1.29 is 4.74 Å². The number of nitrogens with zero attached hydrogens (tertiary/aromatic N) is 2. The third-order valence-electron chi connectivity index (χ3n) is 2.64. The number of anilines is 1. The molecule has 0 saturated carbocycles. The first kappa shape index (κ1) is 12.4. The van der Waals surface area contributed by atoms with Gasteiger partial charge in [-0.3, -0.25) is 4.98 Å². The molecule has 0 fully saturated rings. The fourth-order valence-corrected chi connectivity index (χ4v) is 1.73. The van der Waals surface area contributed by atoms with Gasteiger partial charge in [-0.1, -0.05) is 26.0 Å². The van der Waals surface area contributed by atoms with Crippen LogP contribution in [0.15, 0.2) is 30.6 Å². The summed E-state index contributed by atoms with van der Waals surface area (Å²) in [6.07, 6.45) is 3.05. The molecular formula is C14H17N3O. The maximum atomic E-state index is 5.78. The summed E-state index contributed by atoms with van der Waals surface area (Å²) in [5.41, 5.74) is 7.87. The van der Waals surface area contributed by atoms with Crippen LogP contribution in [0.2, 0.25) is 0 Å². The van der Waals surface area contributed by atoms with E-state index in [4.69, 9.17) is 10.5 Å². The third kappa shape index (κ3) is 2.77. The number of nitrogen functional groups attached to an aromatic ring is 1. The van der Waals surface area contributed by atoms with E-state index in [9.17, 15) is 0 Å². The summed E-state index contributed by atoms with van der Waals surface area (Å²) in [5.74, 6) is 1.97. The van der Waals surface area contributed by atoms with Gasteiger partial charge in [-0.25, -0.2) is 0 Å². The molecule has 1 heterocycles. The number of nitrogens with two attached hydrogens (primary N) is 1. The number of hydrogen-bond donors (Lipinski definition) is 1. The first-order valence-corrected chi connectivity index (χ1v) is 5.92. The minimum absolute atomic E-state index is 0.353. The second kappa shape index (κ2) is 5.04. The third-order valence-corrected chi connectivity index (χ3v) is 2.64. The van der Waals surface area contributed by atoms with Crippen molar-refractivity contribution in [1.29, 1.82) is 0 Å². The molecule has 0 unspecified atom stereocenters. The number of aryl methyl sites for hydroxylation is 1. The minimum atomic E-state index is 0.353. The Balaban J connectivity index is 2.36. The Bertz CT molecular complexity index is 552. The van der Waals surface area contributed by atoms with Gasteiger partial charge in [0, 0.05) is 0 Å². The Morgan fingerprint density at radius 2 is 2.00 bits per heavy atom. The van der Waals surface area contributed by atoms with Crippen molar-refractivity contribution in [2.24, 2.45) is 0 Å². The summed E-state index contributed by atoms with van der Waals surface area (Å²) >= 11 is 0. The molecule has 0 aliphatic rings. The van der Waals surface area contributed by atoms with Crippen LogP contribution in [-0.2, 0) is 0 Å². The monoisotopic (exact) mass is 243 g/mol. The fraction of sp³-hybridized carbons (Fsp3) is 0.286. The molecule has 0 aliphatic carbocycles. The van der Waals surface area contributed by atoms with Crippen LogP contribution in [0.1, 0.15) is 30.9 Å². The van der Waals surface area contributed by atoms with Crippen LogP contribution in [0.5, 0.6) is 11.6 Å². The molecule has 0 bridgehead atoms. The zero-order valence-electron chi connectivity index (χ0n) is 10.8. The topological polar surface area (TPSA) is 61.0 Å². The summed E-state index contributed by atoms with van der Waals surface area (Å²) in [7, 11) is 0.